The van der Waals surface area contributed by atoms with E-state index in [0.717, 1.165) is 24.0 Å². The lowest BCUT2D eigenvalue weighted by Crippen LogP contribution is -2.05. The molecule has 0 radical (unpaired) electrons. The van der Waals surface area contributed by atoms with Gasteiger partial charge in [-0.1, -0.05) is 6.07 Å². The Morgan fingerprint density at radius 2 is 2.21 bits per heavy atom. The number of ether oxygens (including phenoxy) is 1. The first kappa shape index (κ1) is 8.00. The molecule has 1 atom stereocenters. The molecule has 72 valence electrons. The van der Waals surface area contributed by atoms with Gasteiger partial charge in [-0.25, -0.2) is 4.79 Å². The molecule has 0 unspecified atom stereocenters. The zero-order valence-corrected chi connectivity index (χ0v) is 7.75. The van der Waals surface area contributed by atoms with Crippen molar-refractivity contribution in [2.75, 3.05) is 0 Å². The van der Waals surface area contributed by atoms with Crippen LogP contribution in [0.25, 0.3) is 0 Å². The van der Waals surface area contributed by atoms with E-state index >= 15 is 0 Å². The van der Waals surface area contributed by atoms with E-state index in [4.69, 9.17) is 10.5 Å². The molecule has 0 spiro atoms. The van der Waals surface area contributed by atoms with Gasteiger partial charge in [0.1, 0.15) is 6.61 Å². The van der Waals surface area contributed by atoms with Crippen LogP contribution in [0, 0.1) is 0 Å². The molecule has 14 heavy (non-hydrogen) atoms. The predicted molar refractivity (Wildman–Crippen MR) is 50.8 cm³/mol. The molecule has 0 fully saturated rings. The van der Waals surface area contributed by atoms with Crippen LogP contribution in [0.1, 0.15) is 39.5 Å². The second-order valence-corrected chi connectivity index (χ2v) is 3.88. The van der Waals surface area contributed by atoms with E-state index in [-0.39, 0.29) is 12.0 Å². The molecule has 0 bridgehead atoms. The quantitative estimate of drug-likeness (QED) is 0.626. The molecule has 1 aliphatic carbocycles. The third kappa shape index (κ3) is 0.876. The van der Waals surface area contributed by atoms with E-state index in [0.29, 0.717) is 6.61 Å². The fraction of sp³-hybridized carbons (Fsp3) is 0.364. The molecule has 1 aliphatic heterocycles. The summed E-state index contributed by atoms with van der Waals surface area (Å²) >= 11 is 0. The van der Waals surface area contributed by atoms with Gasteiger partial charge >= 0.3 is 5.97 Å². The van der Waals surface area contributed by atoms with Crippen LogP contribution < -0.4 is 5.73 Å². The van der Waals surface area contributed by atoms with Gasteiger partial charge in [0.05, 0.1) is 5.56 Å². The van der Waals surface area contributed by atoms with Gasteiger partial charge in [0.15, 0.2) is 0 Å². The second-order valence-electron chi connectivity index (χ2n) is 3.88. The van der Waals surface area contributed by atoms with Gasteiger partial charge in [-0.3, -0.25) is 0 Å². The monoisotopic (exact) mass is 189 g/mol. The number of carbonyl (C=O) groups excluding carboxylic acids is 1. The minimum atomic E-state index is -0.191. The minimum absolute atomic E-state index is 0.144. The maximum atomic E-state index is 11.3. The predicted octanol–water partition coefficient (Wildman–Crippen LogP) is 1.30. The summed E-state index contributed by atoms with van der Waals surface area (Å²) in [5, 5.41) is 0. The number of rotatable bonds is 0. The van der Waals surface area contributed by atoms with Gasteiger partial charge in [-0.15, -0.1) is 0 Å². The number of fused-ring (bicyclic) bond motifs is 3. The smallest absolute Gasteiger partial charge is 0.338 e. The number of esters is 1. The first-order chi connectivity index (χ1) is 6.77. The lowest BCUT2D eigenvalue weighted by molar-refractivity contribution is 0.0535. The summed E-state index contributed by atoms with van der Waals surface area (Å²) in [5.41, 5.74) is 10.2. The van der Waals surface area contributed by atoms with Gasteiger partial charge in [0.25, 0.3) is 0 Å². The fourth-order valence-electron chi connectivity index (χ4n) is 2.38. The zero-order chi connectivity index (χ0) is 9.71. The van der Waals surface area contributed by atoms with Crippen LogP contribution in [0.5, 0.6) is 0 Å². The minimum Gasteiger partial charge on any atom is -0.457 e. The van der Waals surface area contributed by atoms with Crippen LogP contribution >= 0.6 is 0 Å². The van der Waals surface area contributed by atoms with Crippen LogP contribution in [0.4, 0.5) is 0 Å². The van der Waals surface area contributed by atoms with Gasteiger partial charge in [0.2, 0.25) is 0 Å². The molecule has 1 heterocycles. The molecule has 3 rings (SSSR count). The Balaban J connectivity index is 2.23. The summed E-state index contributed by atoms with van der Waals surface area (Å²) in [4.78, 5) is 11.3. The lowest BCUT2D eigenvalue weighted by Gasteiger charge is -2.06. The van der Waals surface area contributed by atoms with Crippen molar-refractivity contribution in [1.29, 1.82) is 0 Å². The summed E-state index contributed by atoms with van der Waals surface area (Å²) in [6.45, 7) is 0.435. The average Bonchev–Trinajstić information content (AvgIpc) is 2.72. The van der Waals surface area contributed by atoms with E-state index in [2.05, 4.69) is 0 Å². The Kier molecular flexibility index (Phi) is 1.47. The Hall–Kier alpha value is -1.35. The molecule has 0 saturated carbocycles. The van der Waals surface area contributed by atoms with Crippen molar-refractivity contribution < 1.29 is 9.53 Å². The number of cyclic esters (lactones) is 1. The molecule has 1 aromatic carbocycles. The highest BCUT2D eigenvalue weighted by molar-refractivity contribution is 5.94. The molecular weight excluding hydrogens is 178 g/mol. The summed E-state index contributed by atoms with van der Waals surface area (Å²) in [7, 11) is 0. The molecule has 3 heteroatoms. The number of benzene rings is 1. The third-order valence-electron chi connectivity index (χ3n) is 3.14. The van der Waals surface area contributed by atoms with Crippen molar-refractivity contribution >= 4 is 5.97 Å². The first-order valence-electron chi connectivity index (χ1n) is 4.84. The van der Waals surface area contributed by atoms with Crippen molar-refractivity contribution in [3.05, 3.63) is 34.4 Å². The lowest BCUT2D eigenvalue weighted by atomic mass is 9.99. The molecular formula is C11H11NO2. The average molecular weight is 189 g/mol. The summed E-state index contributed by atoms with van der Waals surface area (Å²) in [6.07, 6.45) is 1.97. The van der Waals surface area contributed by atoms with Crippen LogP contribution in [-0.2, 0) is 17.8 Å². The highest BCUT2D eigenvalue weighted by atomic mass is 16.5. The number of nitrogens with two attached hydrogens (primary N) is 1. The van der Waals surface area contributed by atoms with E-state index in [9.17, 15) is 4.79 Å². The number of hydrogen-bond acceptors (Lipinski definition) is 3. The molecule has 2 aliphatic rings. The highest BCUT2D eigenvalue weighted by Crippen LogP contribution is 2.36. The maximum Gasteiger partial charge on any atom is 0.338 e. The Bertz CT molecular complexity index is 426. The van der Waals surface area contributed by atoms with Gasteiger partial charge in [-0.2, -0.15) is 0 Å². The molecule has 2 N–H and O–H groups in total. The van der Waals surface area contributed by atoms with Crippen LogP contribution in [0.3, 0.4) is 0 Å². The second kappa shape index (κ2) is 2.58. The highest BCUT2D eigenvalue weighted by Gasteiger charge is 2.29. The van der Waals surface area contributed by atoms with Crippen LogP contribution in [0.2, 0.25) is 0 Å². The summed E-state index contributed by atoms with van der Waals surface area (Å²) < 4.78 is 5.00. The largest absolute Gasteiger partial charge is 0.457 e. The van der Waals surface area contributed by atoms with Crippen LogP contribution in [-0.4, -0.2) is 5.97 Å². The topological polar surface area (TPSA) is 52.3 Å². The number of carbonyl (C=O) groups is 1. The fourth-order valence-corrected chi connectivity index (χ4v) is 2.38. The third-order valence-corrected chi connectivity index (χ3v) is 3.14. The van der Waals surface area contributed by atoms with E-state index in [1.54, 1.807) is 0 Å². The molecule has 0 aromatic heterocycles. The van der Waals surface area contributed by atoms with Gasteiger partial charge in [-0.05, 0) is 30.0 Å². The maximum absolute atomic E-state index is 11.3. The number of hydrogen-bond donors (Lipinski definition) is 1. The van der Waals surface area contributed by atoms with Crippen molar-refractivity contribution in [1.82, 2.24) is 0 Å². The van der Waals surface area contributed by atoms with E-state index in [1.165, 1.54) is 11.1 Å². The van der Waals surface area contributed by atoms with E-state index in [1.807, 2.05) is 12.1 Å². The Labute approximate surface area is 81.9 Å². The van der Waals surface area contributed by atoms with Crippen molar-refractivity contribution in [3.8, 4) is 0 Å². The SMILES string of the molecule is N[C@@H]1CCc2c1ccc1c2COC1=O. The van der Waals surface area contributed by atoms with Gasteiger partial charge in [0, 0.05) is 11.6 Å². The van der Waals surface area contributed by atoms with Crippen molar-refractivity contribution in [3.63, 3.8) is 0 Å². The van der Waals surface area contributed by atoms with Crippen LogP contribution in [0.15, 0.2) is 12.1 Å². The van der Waals surface area contributed by atoms with Gasteiger partial charge < -0.3 is 10.5 Å². The van der Waals surface area contributed by atoms with E-state index < -0.39 is 0 Å². The molecule has 1 aromatic rings. The summed E-state index contributed by atoms with van der Waals surface area (Å²) in [5.74, 6) is -0.191. The Morgan fingerprint density at radius 1 is 1.36 bits per heavy atom. The molecule has 3 nitrogen and oxygen atoms in total. The zero-order valence-electron chi connectivity index (χ0n) is 7.75. The normalized spacial score (nSPS) is 23.2. The standard InChI is InChI=1S/C11H11NO2/c12-10-4-3-6-7(10)1-2-8-9(6)5-14-11(8)13/h1-2,10H,3-5,12H2/t10-/m1/s1. The Morgan fingerprint density at radius 3 is 3.07 bits per heavy atom. The van der Waals surface area contributed by atoms with Crippen molar-refractivity contribution in [2.24, 2.45) is 5.73 Å². The first-order valence-corrected chi connectivity index (χ1v) is 4.84. The summed E-state index contributed by atoms with van der Waals surface area (Å²) in [6, 6.07) is 3.96. The molecule has 0 saturated heterocycles. The van der Waals surface area contributed by atoms with Crippen molar-refractivity contribution in [2.45, 2.75) is 25.5 Å². The molecule has 0 amide bonds.